The van der Waals surface area contributed by atoms with Crippen LogP contribution in [-0.2, 0) is 9.53 Å². The number of aromatic hydroxyl groups is 1. The van der Waals surface area contributed by atoms with Crippen molar-refractivity contribution in [3.63, 3.8) is 0 Å². The Morgan fingerprint density at radius 3 is 2.61 bits per heavy atom. The Hall–Kier alpha value is -0.950. The van der Waals surface area contributed by atoms with E-state index < -0.39 is 0 Å². The minimum absolute atomic E-state index is 0. The fourth-order valence-corrected chi connectivity index (χ4v) is 3.39. The fourth-order valence-electron chi connectivity index (χ4n) is 2.66. The molecule has 1 aliphatic heterocycles. The summed E-state index contributed by atoms with van der Waals surface area (Å²) in [7, 11) is 1.71. The van der Waals surface area contributed by atoms with Crippen LogP contribution in [0.5, 0.6) is 5.75 Å². The second-order valence-corrected chi connectivity index (χ2v) is 6.79. The van der Waals surface area contributed by atoms with E-state index in [1.165, 1.54) is 11.8 Å². The Labute approximate surface area is 148 Å². The molecule has 0 spiro atoms. The Bertz CT molecular complexity index is 473. The molecule has 0 aliphatic carbocycles. The molecule has 130 valence electrons. The lowest BCUT2D eigenvalue weighted by molar-refractivity contribution is -0.119. The van der Waals surface area contributed by atoms with Crippen LogP contribution in [0.1, 0.15) is 12.8 Å². The van der Waals surface area contributed by atoms with Gasteiger partial charge in [-0.25, -0.2) is 0 Å². The van der Waals surface area contributed by atoms with E-state index in [4.69, 9.17) is 4.74 Å². The van der Waals surface area contributed by atoms with Crippen molar-refractivity contribution in [3.8, 4) is 5.75 Å². The maximum atomic E-state index is 12.0. The van der Waals surface area contributed by atoms with Gasteiger partial charge in [-0.2, -0.15) is 0 Å². The fraction of sp³-hybridized carbons (Fsp3) is 0.562. The average molecular weight is 361 g/mol. The molecular formula is C16H25ClN2O3S. The van der Waals surface area contributed by atoms with Crippen LogP contribution in [-0.4, -0.2) is 50.1 Å². The van der Waals surface area contributed by atoms with E-state index in [-0.39, 0.29) is 29.5 Å². The van der Waals surface area contributed by atoms with E-state index in [9.17, 15) is 9.90 Å². The number of thioether (sulfide) groups is 1. The third kappa shape index (κ3) is 6.59. The van der Waals surface area contributed by atoms with Gasteiger partial charge in [0.05, 0.1) is 12.4 Å². The van der Waals surface area contributed by atoms with Crippen molar-refractivity contribution < 1.29 is 14.6 Å². The molecule has 1 aliphatic rings. The highest BCUT2D eigenvalue weighted by Crippen LogP contribution is 2.28. The summed E-state index contributed by atoms with van der Waals surface area (Å²) in [5, 5.41) is 15.6. The number of hydrogen-bond donors (Lipinski definition) is 3. The quantitative estimate of drug-likeness (QED) is 0.649. The maximum Gasteiger partial charge on any atom is 0.230 e. The van der Waals surface area contributed by atoms with E-state index in [0.29, 0.717) is 18.9 Å². The Morgan fingerprint density at radius 2 is 2.00 bits per heavy atom. The van der Waals surface area contributed by atoms with Gasteiger partial charge in [0.1, 0.15) is 5.75 Å². The Morgan fingerprint density at radius 1 is 1.35 bits per heavy atom. The van der Waals surface area contributed by atoms with E-state index in [0.717, 1.165) is 30.8 Å². The van der Waals surface area contributed by atoms with Crippen molar-refractivity contribution in [2.75, 3.05) is 39.1 Å². The van der Waals surface area contributed by atoms with Gasteiger partial charge in [0, 0.05) is 24.0 Å². The number of carbonyl (C=O) groups is 1. The standard InChI is InChI=1S/C16H24N2O3S.ClH/c1-21-12-16(6-8-17-9-7-16)11-18-15(20)10-22-14-4-2-13(19)3-5-14;/h2-5,17,19H,6-12H2,1H3,(H,18,20);1H. The summed E-state index contributed by atoms with van der Waals surface area (Å²) in [6, 6.07) is 6.88. The van der Waals surface area contributed by atoms with Crippen LogP contribution in [0, 0.1) is 5.41 Å². The first kappa shape index (κ1) is 20.1. The molecule has 7 heteroatoms. The number of ether oxygens (including phenoxy) is 1. The molecular weight excluding hydrogens is 336 g/mol. The van der Waals surface area contributed by atoms with Gasteiger partial charge >= 0.3 is 0 Å². The summed E-state index contributed by atoms with van der Waals surface area (Å²) in [4.78, 5) is 13.0. The highest BCUT2D eigenvalue weighted by Gasteiger charge is 2.32. The first-order valence-electron chi connectivity index (χ1n) is 7.52. The van der Waals surface area contributed by atoms with Crippen molar-refractivity contribution in [3.05, 3.63) is 24.3 Å². The summed E-state index contributed by atoms with van der Waals surface area (Å²) < 4.78 is 5.35. The molecule has 2 rings (SSSR count). The lowest BCUT2D eigenvalue weighted by Gasteiger charge is -2.37. The zero-order chi connectivity index (χ0) is 15.8. The van der Waals surface area contributed by atoms with Crippen LogP contribution in [0.4, 0.5) is 0 Å². The van der Waals surface area contributed by atoms with Crippen LogP contribution < -0.4 is 10.6 Å². The first-order valence-corrected chi connectivity index (χ1v) is 8.50. The number of benzene rings is 1. The Balaban J connectivity index is 0.00000264. The molecule has 5 nitrogen and oxygen atoms in total. The second-order valence-electron chi connectivity index (χ2n) is 5.74. The molecule has 0 bridgehead atoms. The number of halogens is 1. The SMILES string of the molecule is COCC1(CNC(=O)CSc2ccc(O)cc2)CCNCC1.Cl. The number of rotatable bonds is 7. The molecule has 0 aromatic heterocycles. The molecule has 0 unspecified atom stereocenters. The van der Waals surface area contributed by atoms with E-state index >= 15 is 0 Å². The molecule has 1 heterocycles. The van der Waals surface area contributed by atoms with Gasteiger partial charge in [-0.3, -0.25) is 4.79 Å². The second kappa shape index (κ2) is 10.0. The molecule has 0 saturated carbocycles. The maximum absolute atomic E-state index is 12.0. The number of hydrogen-bond acceptors (Lipinski definition) is 5. The number of phenols is 1. The average Bonchev–Trinajstić information content (AvgIpc) is 2.54. The van der Waals surface area contributed by atoms with Gasteiger partial charge in [0.25, 0.3) is 0 Å². The molecule has 1 aromatic carbocycles. The van der Waals surface area contributed by atoms with Crippen LogP contribution in [0.2, 0.25) is 0 Å². The molecule has 3 N–H and O–H groups in total. The zero-order valence-electron chi connectivity index (χ0n) is 13.3. The van der Waals surface area contributed by atoms with Gasteiger partial charge in [-0.15, -0.1) is 24.2 Å². The summed E-state index contributed by atoms with van der Waals surface area (Å²) >= 11 is 1.47. The minimum Gasteiger partial charge on any atom is -0.508 e. The monoisotopic (exact) mass is 360 g/mol. The molecule has 0 radical (unpaired) electrons. The van der Waals surface area contributed by atoms with E-state index in [1.807, 2.05) is 12.1 Å². The molecule has 23 heavy (non-hydrogen) atoms. The first-order chi connectivity index (χ1) is 10.6. The molecule has 1 fully saturated rings. The van der Waals surface area contributed by atoms with Gasteiger partial charge < -0.3 is 20.5 Å². The molecule has 0 atom stereocenters. The third-order valence-corrected chi connectivity index (χ3v) is 4.99. The highest BCUT2D eigenvalue weighted by atomic mass is 35.5. The van der Waals surface area contributed by atoms with Crippen molar-refractivity contribution in [2.45, 2.75) is 17.7 Å². The number of methoxy groups -OCH3 is 1. The van der Waals surface area contributed by atoms with Gasteiger partial charge in [0.15, 0.2) is 0 Å². The van der Waals surface area contributed by atoms with Crippen LogP contribution in [0.15, 0.2) is 29.2 Å². The van der Waals surface area contributed by atoms with Gasteiger partial charge in [-0.05, 0) is 50.2 Å². The van der Waals surface area contributed by atoms with E-state index in [1.54, 1.807) is 19.2 Å². The van der Waals surface area contributed by atoms with E-state index in [2.05, 4.69) is 10.6 Å². The summed E-state index contributed by atoms with van der Waals surface area (Å²) in [6.45, 7) is 3.29. The largest absolute Gasteiger partial charge is 0.508 e. The summed E-state index contributed by atoms with van der Waals surface area (Å²) in [5.41, 5.74) is 0.0544. The van der Waals surface area contributed by atoms with Crippen LogP contribution >= 0.6 is 24.2 Å². The number of amides is 1. The zero-order valence-corrected chi connectivity index (χ0v) is 15.0. The number of carbonyl (C=O) groups excluding carboxylic acids is 1. The number of piperidine rings is 1. The number of nitrogens with one attached hydrogen (secondary N) is 2. The molecule has 1 saturated heterocycles. The smallest absolute Gasteiger partial charge is 0.230 e. The molecule has 1 amide bonds. The van der Waals surface area contributed by atoms with Gasteiger partial charge in [0.2, 0.25) is 5.91 Å². The van der Waals surface area contributed by atoms with Crippen molar-refractivity contribution >= 4 is 30.1 Å². The van der Waals surface area contributed by atoms with Gasteiger partial charge in [-0.1, -0.05) is 0 Å². The minimum atomic E-state index is 0. The normalized spacial score (nSPS) is 16.4. The van der Waals surface area contributed by atoms with Crippen LogP contribution in [0.3, 0.4) is 0 Å². The Kier molecular flexibility index (Phi) is 8.76. The van der Waals surface area contributed by atoms with Crippen molar-refractivity contribution in [1.29, 1.82) is 0 Å². The van der Waals surface area contributed by atoms with Crippen molar-refractivity contribution in [2.24, 2.45) is 5.41 Å². The van der Waals surface area contributed by atoms with Crippen molar-refractivity contribution in [1.82, 2.24) is 10.6 Å². The summed E-state index contributed by atoms with van der Waals surface area (Å²) in [5.74, 6) is 0.653. The highest BCUT2D eigenvalue weighted by molar-refractivity contribution is 8.00. The van der Waals surface area contributed by atoms with Crippen LogP contribution in [0.25, 0.3) is 0 Å². The summed E-state index contributed by atoms with van der Waals surface area (Å²) in [6.07, 6.45) is 2.04. The topological polar surface area (TPSA) is 70.6 Å². The lowest BCUT2D eigenvalue weighted by Crippen LogP contribution is -2.47. The third-order valence-electron chi connectivity index (χ3n) is 3.98. The predicted octanol–water partition coefficient (Wildman–Crippen LogP) is 2.04. The number of phenolic OH excluding ortho intramolecular Hbond substituents is 1. The lowest BCUT2D eigenvalue weighted by atomic mass is 9.79. The predicted molar refractivity (Wildman–Crippen MR) is 95.5 cm³/mol. The molecule has 1 aromatic rings.